The van der Waals surface area contributed by atoms with Crippen molar-refractivity contribution in [1.82, 2.24) is 10.2 Å². The number of hydrogen-bond acceptors (Lipinski definition) is 3. The second kappa shape index (κ2) is 11.2. The minimum Gasteiger partial charge on any atom is -0.417 e. The first-order valence-electron chi connectivity index (χ1n) is 15.2. The molecule has 9 heteroatoms. The summed E-state index contributed by atoms with van der Waals surface area (Å²) in [4.78, 5) is 28.7. The van der Waals surface area contributed by atoms with E-state index < -0.39 is 51.3 Å². The van der Waals surface area contributed by atoms with Gasteiger partial charge in [0.15, 0.2) is 9.04 Å². The summed E-state index contributed by atoms with van der Waals surface area (Å²) in [5, 5.41) is 3.73. The lowest BCUT2D eigenvalue weighted by Gasteiger charge is -2.56. The Kier molecular flexibility index (Phi) is 8.85. The van der Waals surface area contributed by atoms with Crippen LogP contribution in [0.25, 0.3) is 0 Å². The van der Waals surface area contributed by atoms with Crippen molar-refractivity contribution >= 4 is 32.6 Å². The quantitative estimate of drug-likeness (QED) is 0.304. The van der Waals surface area contributed by atoms with E-state index in [1.54, 1.807) is 0 Å². The molecule has 230 valence electrons. The van der Waals surface area contributed by atoms with Gasteiger partial charge in [-0.1, -0.05) is 65.3 Å². The van der Waals surface area contributed by atoms with Gasteiger partial charge >= 0.3 is 6.03 Å². The number of carbonyl (C=O) groups is 2. The number of nitrogens with zero attached hydrogens (tertiary/aromatic N) is 1. The third-order valence-electron chi connectivity index (χ3n) is 9.32. The van der Waals surface area contributed by atoms with Gasteiger partial charge in [0, 0.05) is 17.9 Å². The van der Waals surface area contributed by atoms with Gasteiger partial charge in [-0.05, 0) is 85.6 Å². The molecular weight excluding hydrogens is 562 g/mol. The summed E-state index contributed by atoms with van der Waals surface area (Å²) in [7, 11) is -1.29. The van der Waals surface area contributed by atoms with Crippen molar-refractivity contribution < 1.29 is 22.8 Å². The van der Waals surface area contributed by atoms with Gasteiger partial charge in [-0.2, -0.15) is 0 Å². The van der Waals surface area contributed by atoms with Crippen LogP contribution in [0.3, 0.4) is 0 Å². The second-order valence-electron chi connectivity index (χ2n) is 15.6. The fourth-order valence-corrected chi connectivity index (χ4v) is 8.56. The van der Waals surface area contributed by atoms with Gasteiger partial charge in [0.1, 0.15) is 0 Å². The number of nitrogens with one attached hydrogen (secondary N) is 1. The predicted molar refractivity (Wildman–Crippen MR) is 163 cm³/mol. The molecule has 3 amide bonds. The lowest BCUT2D eigenvalue weighted by atomic mass is 9.57. The number of carbonyl (C=O) groups excluding carboxylic acids is 2. The van der Waals surface area contributed by atoms with E-state index in [4.69, 9.17) is 16.0 Å². The number of aryl methyl sites for hydroxylation is 1. The molecular formula is C32H49ClF2N2O3Si. The van der Waals surface area contributed by atoms with Crippen LogP contribution in [0.4, 0.5) is 13.6 Å². The van der Waals surface area contributed by atoms with Crippen LogP contribution >= 0.6 is 11.6 Å². The molecule has 0 spiro atoms. The minimum atomic E-state index is -2.84. The molecule has 41 heavy (non-hydrogen) atoms. The van der Waals surface area contributed by atoms with Crippen molar-refractivity contribution in [3.63, 3.8) is 0 Å². The Morgan fingerprint density at radius 1 is 1.12 bits per heavy atom. The lowest BCUT2D eigenvalue weighted by Crippen LogP contribution is -2.71. The van der Waals surface area contributed by atoms with E-state index in [1.807, 2.05) is 25.1 Å². The highest BCUT2D eigenvalue weighted by atomic mass is 35.5. The summed E-state index contributed by atoms with van der Waals surface area (Å²) in [5.41, 5.74) is 0.917. The largest absolute Gasteiger partial charge is 0.417 e. The normalized spacial score (nSPS) is 29.7. The zero-order chi connectivity index (χ0) is 30.7. The van der Waals surface area contributed by atoms with E-state index in [0.29, 0.717) is 10.9 Å². The Hall–Kier alpha value is -1.51. The maximum atomic E-state index is 14.2. The molecule has 1 aliphatic heterocycles. The van der Waals surface area contributed by atoms with E-state index >= 15 is 0 Å². The van der Waals surface area contributed by atoms with E-state index in [0.717, 1.165) is 41.7 Å². The van der Waals surface area contributed by atoms with Crippen LogP contribution in [0.15, 0.2) is 18.2 Å². The van der Waals surface area contributed by atoms with Gasteiger partial charge in [0.25, 0.3) is 5.92 Å². The van der Waals surface area contributed by atoms with Crippen LogP contribution in [0.1, 0.15) is 91.7 Å². The van der Waals surface area contributed by atoms with Crippen LogP contribution < -0.4 is 5.32 Å². The van der Waals surface area contributed by atoms with Crippen LogP contribution in [-0.2, 0) is 21.2 Å². The zero-order valence-electron chi connectivity index (χ0n) is 26.2. The maximum absolute atomic E-state index is 14.2. The van der Waals surface area contributed by atoms with Crippen LogP contribution in [0, 0.1) is 28.6 Å². The predicted octanol–water partition coefficient (Wildman–Crippen LogP) is 7.94. The average Bonchev–Trinajstić information content (AvgIpc) is 2.75. The van der Waals surface area contributed by atoms with Crippen molar-refractivity contribution in [2.45, 2.75) is 124 Å². The summed E-state index contributed by atoms with van der Waals surface area (Å²) in [6.45, 7) is 19.4. The minimum absolute atomic E-state index is 0.0113. The number of hydrogen-bond donors (Lipinski definition) is 1. The van der Waals surface area contributed by atoms with Crippen molar-refractivity contribution in [1.29, 1.82) is 0 Å². The molecule has 3 atom stereocenters. The fraction of sp³-hybridized carbons (Fsp3) is 0.750. The van der Waals surface area contributed by atoms with Gasteiger partial charge in [-0.25, -0.2) is 13.6 Å². The molecule has 2 aliphatic carbocycles. The Morgan fingerprint density at radius 3 is 2.22 bits per heavy atom. The average molecular weight is 611 g/mol. The first-order valence-corrected chi connectivity index (χ1v) is 18.3. The van der Waals surface area contributed by atoms with E-state index in [2.05, 4.69) is 60.0 Å². The molecule has 0 aromatic heterocycles. The third kappa shape index (κ3) is 6.85. The Labute approximate surface area is 251 Å². The third-order valence-corrected chi connectivity index (χ3v) is 10.5. The van der Waals surface area contributed by atoms with Crippen LogP contribution in [-0.4, -0.2) is 43.9 Å². The van der Waals surface area contributed by atoms with Crippen molar-refractivity contribution in [3.05, 3.63) is 34.3 Å². The number of urea groups is 1. The standard InChI is InChI=1S/C32H49ClF2N2O3Si/c1-29(2,3)13-12-19-10-11-22(16-24(19)33)31(7)25(20-14-21(15-20)26(30(4,5)6)40-41(8)9)27(38)37(28(39)36-31)23-17-32(34,35)18-23/h10-11,16,20-21,23,25-26,41H,12-15,17-18H2,1-9H3,(H,36,39). The van der Waals surface area contributed by atoms with E-state index in [1.165, 1.54) is 0 Å². The van der Waals surface area contributed by atoms with Gasteiger partial charge < -0.3 is 9.74 Å². The molecule has 0 bridgehead atoms. The Morgan fingerprint density at radius 2 is 1.73 bits per heavy atom. The molecule has 2 saturated carbocycles. The topological polar surface area (TPSA) is 58.6 Å². The van der Waals surface area contributed by atoms with Crippen LogP contribution in [0.2, 0.25) is 18.1 Å². The highest BCUT2D eigenvalue weighted by Crippen LogP contribution is 2.53. The van der Waals surface area contributed by atoms with Crippen molar-refractivity contribution in [2.75, 3.05) is 0 Å². The number of rotatable bonds is 8. The number of alkyl halides is 2. The zero-order valence-corrected chi connectivity index (χ0v) is 28.2. The fourth-order valence-electron chi connectivity index (χ4n) is 7.07. The summed E-state index contributed by atoms with van der Waals surface area (Å²) < 4.78 is 34.1. The molecule has 4 rings (SSSR count). The monoisotopic (exact) mass is 610 g/mol. The van der Waals surface area contributed by atoms with Crippen LogP contribution in [0.5, 0.6) is 0 Å². The summed E-state index contributed by atoms with van der Waals surface area (Å²) in [6, 6.07) is 4.48. The Balaban J connectivity index is 1.65. The molecule has 5 nitrogen and oxygen atoms in total. The molecule has 1 N–H and O–H groups in total. The molecule has 1 aromatic carbocycles. The molecule has 3 fully saturated rings. The van der Waals surface area contributed by atoms with Crippen molar-refractivity contribution in [2.24, 2.45) is 28.6 Å². The van der Waals surface area contributed by atoms with Gasteiger partial charge in [0.2, 0.25) is 5.91 Å². The first kappa shape index (κ1) is 32.4. The molecule has 0 radical (unpaired) electrons. The Bertz CT molecular complexity index is 1150. The van der Waals surface area contributed by atoms with E-state index in [9.17, 15) is 18.4 Å². The van der Waals surface area contributed by atoms with Crippen molar-refractivity contribution in [3.8, 4) is 0 Å². The number of imide groups is 1. The highest BCUT2D eigenvalue weighted by molar-refractivity contribution is 6.48. The number of halogens is 3. The number of benzene rings is 1. The molecule has 3 aliphatic rings. The lowest BCUT2D eigenvalue weighted by molar-refractivity contribution is -0.162. The maximum Gasteiger partial charge on any atom is 0.325 e. The highest BCUT2D eigenvalue weighted by Gasteiger charge is 2.60. The van der Waals surface area contributed by atoms with Gasteiger partial charge in [-0.15, -0.1) is 0 Å². The van der Waals surface area contributed by atoms with Gasteiger partial charge in [-0.3, -0.25) is 9.69 Å². The molecule has 3 unspecified atom stereocenters. The smallest absolute Gasteiger partial charge is 0.325 e. The molecule has 1 heterocycles. The molecule has 1 aromatic rings. The van der Waals surface area contributed by atoms with Gasteiger partial charge in [0.05, 0.1) is 23.6 Å². The summed E-state index contributed by atoms with van der Waals surface area (Å²) in [5.74, 6) is -3.48. The summed E-state index contributed by atoms with van der Waals surface area (Å²) >= 11 is 6.79. The summed E-state index contributed by atoms with van der Waals surface area (Å²) in [6.07, 6.45) is 2.51. The molecule has 1 saturated heterocycles. The second-order valence-corrected chi connectivity index (χ2v) is 18.3. The number of amides is 3. The SMILES string of the molecule is C[SiH](C)OC(C1CC(C2C(=O)N(C3CC(F)(F)C3)C(=O)NC2(C)c2ccc(CCC(C)(C)C)c(Cl)c2)C1)C(C)(C)C. The first-order chi connectivity index (χ1) is 18.7. The van der Waals surface area contributed by atoms with E-state index in [-0.39, 0.29) is 28.8 Å².